The maximum Gasteiger partial charge on any atom is 0.183 e. The van der Waals surface area contributed by atoms with Gasteiger partial charge in [-0.1, -0.05) is 17.7 Å². The zero-order chi connectivity index (χ0) is 12.3. The largest absolute Gasteiger partial charge is 0.454 e. The Hall–Kier alpha value is -2.05. The number of ether oxygens (including phenoxy) is 1. The molecule has 1 aromatic heterocycles. The number of aromatic nitrogens is 1. The van der Waals surface area contributed by atoms with E-state index >= 15 is 0 Å². The quantitative estimate of drug-likeness (QED) is 0.809. The van der Waals surface area contributed by atoms with Crippen LogP contribution in [0.15, 0.2) is 36.5 Å². The van der Waals surface area contributed by atoms with Crippen LogP contribution in [-0.2, 0) is 0 Å². The van der Waals surface area contributed by atoms with Crippen LogP contribution in [0.3, 0.4) is 0 Å². The van der Waals surface area contributed by atoms with Gasteiger partial charge in [0.15, 0.2) is 11.4 Å². The van der Waals surface area contributed by atoms with Gasteiger partial charge in [-0.25, -0.2) is 4.98 Å². The molecule has 0 aliphatic carbocycles. The maximum absolute atomic E-state index is 8.90. The molecule has 2 rings (SSSR count). The Morgan fingerprint density at radius 1 is 1.29 bits per heavy atom. The third-order valence-corrected chi connectivity index (χ3v) is 2.48. The van der Waals surface area contributed by atoms with Crippen LogP contribution in [0, 0.1) is 18.3 Å². The number of benzene rings is 1. The minimum atomic E-state index is 0.256. The van der Waals surface area contributed by atoms with E-state index in [1.54, 1.807) is 30.5 Å². The first-order valence-electron chi connectivity index (χ1n) is 5.00. The second-order valence-corrected chi connectivity index (χ2v) is 3.91. The highest BCUT2D eigenvalue weighted by molar-refractivity contribution is 6.30. The fourth-order valence-electron chi connectivity index (χ4n) is 1.36. The van der Waals surface area contributed by atoms with Gasteiger partial charge >= 0.3 is 0 Å². The topological polar surface area (TPSA) is 45.9 Å². The number of aryl methyl sites for hydroxylation is 1. The van der Waals surface area contributed by atoms with Gasteiger partial charge < -0.3 is 4.74 Å². The highest BCUT2D eigenvalue weighted by Gasteiger charge is 2.07. The van der Waals surface area contributed by atoms with Crippen molar-refractivity contribution in [3.05, 3.63) is 52.8 Å². The summed E-state index contributed by atoms with van der Waals surface area (Å²) in [6.07, 6.45) is 1.55. The molecule has 2 aromatic rings. The van der Waals surface area contributed by atoms with Crippen molar-refractivity contribution in [3.63, 3.8) is 0 Å². The standard InChI is InChI=1S/C13H9ClN2O/c1-9-4-5-10(14)7-13(9)17-12-3-2-6-16-11(12)8-15/h2-7H,1H3. The van der Waals surface area contributed by atoms with Crippen molar-refractivity contribution in [1.29, 1.82) is 5.26 Å². The van der Waals surface area contributed by atoms with E-state index in [1.165, 1.54) is 0 Å². The van der Waals surface area contributed by atoms with Crippen molar-refractivity contribution < 1.29 is 4.74 Å². The first-order chi connectivity index (χ1) is 8.20. The smallest absolute Gasteiger partial charge is 0.183 e. The van der Waals surface area contributed by atoms with Crippen molar-refractivity contribution in [3.8, 4) is 17.6 Å². The molecule has 0 saturated carbocycles. The highest BCUT2D eigenvalue weighted by Crippen LogP contribution is 2.28. The van der Waals surface area contributed by atoms with Crippen LogP contribution in [0.25, 0.3) is 0 Å². The zero-order valence-electron chi connectivity index (χ0n) is 9.14. The molecule has 0 aliphatic heterocycles. The minimum Gasteiger partial charge on any atom is -0.454 e. The van der Waals surface area contributed by atoms with E-state index < -0.39 is 0 Å². The van der Waals surface area contributed by atoms with E-state index in [9.17, 15) is 0 Å². The van der Waals surface area contributed by atoms with Crippen LogP contribution < -0.4 is 4.74 Å². The normalized spacial score (nSPS) is 9.71. The lowest BCUT2D eigenvalue weighted by Gasteiger charge is -2.09. The molecule has 84 valence electrons. The van der Waals surface area contributed by atoms with Gasteiger partial charge in [-0.3, -0.25) is 0 Å². The number of hydrogen-bond acceptors (Lipinski definition) is 3. The van der Waals surface area contributed by atoms with Gasteiger partial charge in [0, 0.05) is 11.2 Å². The molecule has 1 heterocycles. The SMILES string of the molecule is Cc1ccc(Cl)cc1Oc1cccnc1C#N. The van der Waals surface area contributed by atoms with Crippen LogP contribution in [-0.4, -0.2) is 4.98 Å². The molecular weight excluding hydrogens is 236 g/mol. The fraction of sp³-hybridized carbons (Fsp3) is 0.0769. The molecular formula is C13H9ClN2O. The summed E-state index contributed by atoms with van der Waals surface area (Å²) in [7, 11) is 0. The summed E-state index contributed by atoms with van der Waals surface area (Å²) < 4.78 is 5.64. The molecule has 0 amide bonds. The van der Waals surface area contributed by atoms with E-state index in [4.69, 9.17) is 21.6 Å². The molecule has 0 spiro atoms. The maximum atomic E-state index is 8.90. The Balaban J connectivity index is 2.38. The summed E-state index contributed by atoms with van der Waals surface area (Å²) in [6.45, 7) is 1.91. The number of nitriles is 1. The predicted molar refractivity (Wildman–Crippen MR) is 65.2 cm³/mol. The van der Waals surface area contributed by atoms with Crippen molar-refractivity contribution in [1.82, 2.24) is 4.98 Å². The Morgan fingerprint density at radius 3 is 2.88 bits per heavy atom. The van der Waals surface area contributed by atoms with E-state index in [2.05, 4.69) is 4.98 Å². The molecule has 0 fully saturated rings. The van der Waals surface area contributed by atoms with E-state index in [1.807, 2.05) is 19.1 Å². The van der Waals surface area contributed by atoms with Gasteiger partial charge in [-0.05, 0) is 36.8 Å². The van der Waals surface area contributed by atoms with Crippen LogP contribution >= 0.6 is 11.6 Å². The molecule has 0 atom stereocenters. The van der Waals surface area contributed by atoms with Crippen molar-refractivity contribution >= 4 is 11.6 Å². The molecule has 0 saturated heterocycles. The van der Waals surface area contributed by atoms with Crippen LogP contribution in [0.1, 0.15) is 11.3 Å². The first kappa shape index (κ1) is 11.4. The Bertz CT molecular complexity index is 590. The fourth-order valence-corrected chi connectivity index (χ4v) is 1.52. The summed E-state index contributed by atoms with van der Waals surface area (Å²) in [5, 5.41) is 9.49. The molecule has 3 nitrogen and oxygen atoms in total. The average Bonchev–Trinajstić information content (AvgIpc) is 2.34. The molecule has 0 radical (unpaired) electrons. The second kappa shape index (κ2) is 4.86. The Kier molecular flexibility index (Phi) is 3.27. The monoisotopic (exact) mass is 244 g/mol. The molecule has 4 heteroatoms. The lowest BCUT2D eigenvalue weighted by molar-refractivity contribution is 0.475. The van der Waals surface area contributed by atoms with E-state index in [0.29, 0.717) is 16.5 Å². The summed E-state index contributed by atoms with van der Waals surface area (Å²) in [6, 6.07) is 10.8. The Labute approximate surface area is 104 Å². The van der Waals surface area contributed by atoms with Gasteiger partial charge in [-0.15, -0.1) is 0 Å². The van der Waals surface area contributed by atoms with Crippen molar-refractivity contribution in [2.24, 2.45) is 0 Å². The molecule has 0 unspecified atom stereocenters. The number of rotatable bonds is 2. The number of halogens is 1. The third-order valence-electron chi connectivity index (χ3n) is 2.25. The predicted octanol–water partition coefficient (Wildman–Crippen LogP) is 3.71. The molecule has 0 N–H and O–H groups in total. The molecule has 1 aromatic carbocycles. The number of nitrogens with zero attached hydrogens (tertiary/aromatic N) is 2. The zero-order valence-corrected chi connectivity index (χ0v) is 9.90. The van der Waals surface area contributed by atoms with E-state index in [-0.39, 0.29) is 5.69 Å². The van der Waals surface area contributed by atoms with Crippen molar-refractivity contribution in [2.45, 2.75) is 6.92 Å². The van der Waals surface area contributed by atoms with Gasteiger partial charge in [0.25, 0.3) is 0 Å². The van der Waals surface area contributed by atoms with Crippen LogP contribution in [0.5, 0.6) is 11.5 Å². The van der Waals surface area contributed by atoms with Crippen LogP contribution in [0.2, 0.25) is 5.02 Å². The number of pyridine rings is 1. The van der Waals surface area contributed by atoms with Gasteiger partial charge in [0.2, 0.25) is 0 Å². The average molecular weight is 245 g/mol. The molecule has 17 heavy (non-hydrogen) atoms. The minimum absolute atomic E-state index is 0.256. The van der Waals surface area contributed by atoms with Crippen molar-refractivity contribution in [2.75, 3.05) is 0 Å². The second-order valence-electron chi connectivity index (χ2n) is 3.47. The third kappa shape index (κ3) is 2.55. The summed E-state index contributed by atoms with van der Waals surface area (Å²) in [5.74, 6) is 1.06. The van der Waals surface area contributed by atoms with Crippen LogP contribution in [0.4, 0.5) is 0 Å². The summed E-state index contributed by atoms with van der Waals surface area (Å²) in [4.78, 5) is 3.93. The van der Waals surface area contributed by atoms with Gasteiger partial charge in [-0.2, -0.15) is 5.26 Å². The highest BCUT2D eigenvalue weighted by atomic mass is 35.5. The van der Waals surface area contributed by atoms with Gasteiger partial charge in [0.1, 0.15) is 11.8 Å². The van der Waals surface area contributed by atoms with E-state index in [0.717, 1.165) is 5.56 Å². The Morgan fingerprint density at radius 2 is 2.12 bits per heavy atom. The molecule has 0 aliphatic rings. The summed E-state index contributed by atoms with van der Waals surface area (Å²) >= 11 is 5.90. The molecule has 0 bridgehead atoms. The lowest BCUT2D eigenvalue weighted by atomic mass is 10.2. The lowest BCUT2D eigenvalue weighted by Crippen LogP contribution is -1.92. The summed E-state index contributed by atoms with van der Waals surface area (Å²) in [5.41, 5.74) is 1.20. The van der Waals surface area contributed by atoms with Gasteiger partial charge in [0.05, 0.1) is 0 Å². The number of hydrogen-bond donors (Lipinski definition) is 0. The first-order valence-corrected chi connectivity index (χ1v) is 5.37.